The number of ether oxygens (including phenoxy) is 13. The predicted molar refractivity (Wildman–Crippen MR) is 245 cm³/mol. The molecule has 19 N–H and O–H groups in total. The number of hydrogen-bond acceptors (Lipinski definition) is 32. The zero-order valence-corrected chi connectivity index (χ0v) is 43.0. The molecule has 456 valence electrons. The van der Waals surface area contributed by atoms with Crippen molar-refractivity contribution in [2.24, 2.45) is 17.8 Å². The van der Waals surface area contributed by atoms with E-state index in [1.165, 1.54) is 13.8 Å². The van der Waals surface area contributed by atoms with Crippen molar-refractivity contribution < 1.29 is 159 Å². The largest absolute Gasteiger partial charge is 0.394 e. The Morgan fingerprint density at radius 1 is 0.256 bits per heavy atom. The van der Waals surface area contributed by atoms with Gasteiger partial charge in [0.15, 0.2) is 37.7 Å². The second kappa shape index (κ2) is 27.6. The topological polar surface area (TPSA) is 504 Å². The molecule has 35 atom stereocenters. The van der Waals surface area contributed by atoms with Crippen molar-refractivity contribution in [3.8, 4) is 0 Å². The zero-order chi connectivity index (χ0) is 57.3. The highest BCUT2D eigenvalue weighted by atomic mass is 16.8. The van der Waals surface area contributed by atoms with E-state index in [0.717, 1.165) is 0 Å². The first kappa shape index (κ1) is 64.3. The smallest absolute Gasteiger partial charge is 0.187 e. The summed E-state index contributed by atoms with van der Waals surface area (Å²) < 4.78 is 76.5. The molecule has 78 heavy (non-hydrogen) atoms. The molecule has 0 bridgehead atoms. The second-order valence-corrected chi connectivity index (χ2v) is 21.0. The van der Waals surface area contributed by atoms with Gasteiger partial charge in [-0.2, -0.15) is 0 Å². The summed E-state index contributed by atoms with van der Waals surface area (Å²) in [5.41, 5.74) is 0. The van der Waals surface area contributed by atoms with Gasteiger partial charge < -0.3 is 159 Å². The maximum absolute atomic E-state index is 12.1. The Kier molecular flexibility index (Phi) is 22.8. The van der Waals surface area contributed by atoms with Crippen LogP contribution in [0.15, 0.2) is 0 Å². The first-order valence-corrected chi connectivity index (χ1v) is 25.9. The highest BCUT2D eigenvalue weighted by Gasteiger charge is 2.58. The molecule has 32 heteroatoms. The molecule has 7 aliphatic rings. The lowest BCUT2D eigenvalue weighted by atomic mass is 9.88. The van der Waals surface area contributed by atoms with Gasteiger partial charge in [0.1, 0.15) is 134 Å². The molecule has 7 rings (SSSR count). The molecule has 7 aliphatic heterocycles. The van der Waals surface area contributed by atoms with Crippen LogP contribution in [0.2, 0.25) is 0 Å². The second-order valence-electron chi connectivity index (χ2n) is 21.0. The third-order valence-corrected chi connectivity index (χ3v) is 15.9. The van der Waals surface area contributed by atoms with Gasteiger partial charge in [-0.1, -0.05) is 20.8 Å². The van der Waals surface area contributed by atoms with E-state index in [-0.39, 0.29) is 0 Å². The van der Waals surface area contributed by atoms with Crippen LogP contribution in [-0.4, -0.2) is 340 Å². The summed E-state index contributed by atoms with van der Waals surface area (Å²) in [6.07, 6.45) is -54.1. The Bertz CT molecular complexity index is 1810. The number of aliphatic hydroxyl groups excluding tert-OH is 19. The van der Waals surface area contributed by atoms with E-state index in [1.54, 1.807) is 13.8 Å². The van der Waals surface area contributed by atoms with Gasteiger partial charge in [0, 0.05) is 17.8 Å². The molecule has 0 aromatic carbocycles. The van der Waals surface area contributed by atoms with Crippen LogP contribution in [0.25, 0.3) is 0 Å². The number of aliphatic hydroxyl groups is 19. The summed E-state index contributed by atoms with van der Waals surface area (Å²) in [4.78, 5) is 0. The summed E-state index contributed by atoms with van der Waals surface area (Å²) in [7, 11) is 0. The van der Waals surface area contributed by atoms with Crippen LogP contribution < -0.4 is 0 Å². The lowest BCUT2D eigenvalue weighted by Gasteiger charge is -2.51. The molecular weight excluding hydrogens is 1060 g/mol. The van der Waals surface area contributed by atoms with E-state index < -0.39 is 260 Å². The molecule has 7 fully saturated rings. The minimum absolute atomic E-state index is 0.470. The molecule has 7 saturated heterocycles. The molecule has 0 radical (unpaired) electrons. The average molecular weight is 1150 g/mol. The molecule has 0 amide bonds. The quantitative estimate of drug-likeness (QED) is 0.0571. The van der Waals surface area contributed by atoms with Gasteiger partial charge in [-0.15, -0.1) is 0 Å². The summed E-state index contributed by atoms with van der Waals surface area (Å²) in [6, 6.07) is 0. The monoisotopic (exact) mass is 1140 g/mol. The molecular formula is C46H80O32. The van der Waals surface area contributed by atoms with Gasteiger partial charge in [-0.05, 0) is 6.92 Å². The van der Waals surface area contributed by atoms with Crippen molar-refractivity contribution in [1.29, 1.82) is 0 Å². The lowest BCUT2D eigenvalue weighted by molar-refractivity contribution is -0.400. The Hall–Kier alpha value is -1.28. The first-order chi connectivity index (χ1) is 37.0. The van der Waals surface area contributed by atoms with Crippen LogP contribution in [0.4, 0.5) is 0 Å². The summed E-state index contributed by atoms with van der Waals surface area (Å²) in [5.74, 6) is -2.78. The Balaban J connectivity index is 1.13. The van der Waals surface area contributed by atoms with Gasteiger partial charge in [-0.25, -0.2) is 0 Å². The third-order valence-electron chi connectivity index (χ3n) is 15.9. The van der Waals surface area contributed by atoms with E-state index in [9.17, 15) is 97.0 Å². The van der Waals surface area contributed by atoms with Crippen LogP contribution >= 0.6 is 0 Å². The minimum Gasteiger partial charge on any atom is -0.394 e. The summed E-state index contributed by atoms with van der Waals surface area (Å²) in [5, 5.41) is 205. The van der Waals surface area contributed by atoms with E-state index >= 15 is 0 Å². The molecule has 14 unspecified atom stereocenters. The van der Waals surface area contributed by atoms with Gasteiger partial charge in [0.2, 0.25) is 0 Å². The maximum Gasteiger partial charge on any atom is 0.187 e. The highest BCUT2D eigenvalue weighted by Crippen LogP contribution is 2.40. The third kappa shape index (κ3) is 13.2. The SMILES string of the molecule is C[C@@H]1OC(CO)[C@@H](O[C@@H]2OC(CO)[C@@H](O[C@@H]3OC(CO[C@H]4OC(CO)[C@@H](O)C(O)[C@H]4O)[C@@H](O)C(O[C@H]4O[C@H](CO)[C@@H](O)C(O)C4O[C@@H]4OC(CO)[C@@H](O[C@@H]5OC(CO)[C@H](O)C(O)[C@@H]5O)C(O)[C@@H]4C)[C@H]3O)C(O)[C@@H]2C)C(O)[C@@H]1C. The standard InChI is InChI=1S/C46H80O32/c1-12-15(4)67-19(8-50)36(23(12)53)74-41-13(2)24(54)38(21(10-52)71-41)76-45-35(65)39(29(59)22(73-45)11-66-43-33(63)30(60)26(56)16(5-47)68-43)77-46-40(32(62)28(58)18(7-49)70-46)78-42-14(3)25(55)37(20(9-51)72-42)75-44-34(64)31(61)27(57)17(6-48)69-44/h12-65H,5-11H2,1-4H3/t12-,13+,14+,15+,16?,17?,18-,19?,20?,21?,22?,23?,24?,25?,26-,27+,28-,29-,30?,31?,32?,33-,34+,35-,36-,37-,38-,39?,40?,41+,42+,43+,44+,45+,46-/m1/s1. The molecule has 0 aromatic heterocycles. The van der Waals surface area contributed by atoms with Crippen molar-refractivity contribution in [3.05, 3.63) is 0 Å². The number of hydrogen-bond donors (Lipinski definition) is 19. The van der Waals surface area contributed by atoms with E-state index in [2.05, 4.69) is 0 Å². The van der Waals surface area contributed by atoms with E-state index in [4.69, 9.17) is 61.6 Å². The van der Waals surface area contributed by atoms with Gasteiger partial charge in [-0.3, -0.25) is 0 Å². The minimum atomic E-state index is -2.20. The van der Waals surface area contributed by atoms with Crippen molar-refractivity contribution in [1.82, 2.24) is 0 Å². The van der Waals surface area contributed by atoms with Crippen LogP contribution in [0.3, 0.4) is 0 Å². The van der Waals surface area contributed by atoms with Crippen molar-refractivity contribution >= 4 is 0 Å². The Morgan fingerprint density at radius 2 is 0.590 bits per heavy atom. The molecule has 0 spiro atoms. The van der Waals surface area contributed by atoms with Gasteiger partial charge in [0.25, 0.3) is 0 Å². The molecule has 0 saturated carbocycles. The van der Waals surface area contributed by atoms with Crippen LogP contribution in [0, 0.1) is 17.8 Å². The Labute approximate surface area is 446 Å². The normalized spacial score (nSPS) is 53.5. The van der Waals surface area contributed by atoms with Gasteiger partial charge in [0.05, 0.1) is 70.7 Å². The Morgan fingerprint density at radius 3 is 1.06 bits per heavy atom. The predicted octanol–water partition coefficient (Wildman–Crippen LogP) is -11.4. The molecule has 0 aromatic rings. The van der Waals surface area contributed by atoms with Gasteiger partial charge >= 0.3 is 0 Å². The first-order valence-electron chi connectivity index (χ1n) is 25.9. The van der Waals surface area contributed by atoms with Crippen molar-refractivity contribution in [2.45, 2.75) is 224 Å². The maximum atomic E-state index is 12.1. The highest BCUT2D eigenvalue weighted by molar-refractivity contribution is 5.00. The zero-order valence-electron chi connectivity index (χ0n) is 43.0. The molecule has 7 heterocycles. The molecule has 0 aliphatic carbocycles. The van der Waals surface area contributed by atoms with E-state index in [0.29, 0.717) is 0 Å². The summed E-state index contributed by atoms with van der Waals surface area (Å²) in [6.45, 7) is 0.367. The molecule has 32 nitrogen and oxygen atoms in total. The summed E-state index contributed by atoms with van der Waals surface area (Å²) >= 11 is 0. The fourth-order valence-corrected chi connectivity index (χ4v) is 10.6. The average Bonchev–Trinajstić information content (AvgIpc) is 3.47. The van der Waals surface area contributed by atoms with Crippen LogP contribution in [-0.2, 0) is 61.6 Å². The number of rotatable bonds is 19. The van der Waals surface area contributed by atoms with Crippen LogP contribution in [0.5, 0.6) is 0 Å². The van der Waals surface area contributed by atoms with Crippen LogP contribution in [0.1, 0.15) is 27.7 Å². The van der Waals surface area contributed by atoms with E-state index in [1.807, 2.05) is 0 Å². The fourth-order valence-electron chi connectivity index (χ4n) is 10.6. The van der Waals surface area contributed by atoms with Crippen molar-refractivity contribution in [2.75, 3.05) is 46.2 Å². The van der Waals surface area contributed by atoms with Crippen molar-refractivity contribution in [3.63, 3.8) is 0 Å². The fraction of sp³-hybridized carbons (Fsp3) is 1.00. The lowest BCUT2D eigenvalue weighted by Crippen LogP contribution is -2.68.